The molecule has 0 aliphatic carbocycles. The van der Waals surface area contributed by atoms with E-state index in [0.29, 0.717) is 22.7 Å². The van der Waals surface area contributed by atoms with Gasteiger partial charge in [-0.05, 0) is 24.5 Å². The summed E-state index contributed by atoms with van der Waals surface area (Å²) in [5.74, 6) is -5.03. The number of hydroxylamine groups is 4. The Kier molecular flexibility index (Phi) is 6.74. The maximum absolute atomic E-state index is 12.8. The van der Waals surface area contributed by atoms with Gasteiger partial charge in [0.1, 0.15) is 5.69 Å². The first-order chi connectivity index (χ1) is 17.5. The van der Waals surface area contributed by atoms with Crippen molar-refractivity contribution in [2.45, 2.75) is 45.4 Å². The molecule has 0 aromatic heterocycles. The monoisotopic (exact) mass is 514 g/mol. The number of amides is 4. The molecule has 4 rings (SSSR count). The highest BCUT2D eigenvalue weighted by atomic mass is 16.7. The Morgan fingerprint density at radius 3 is 2.38 bits per heavy atom. The third-order valence-electron chi connectivity index (χ3n) is 6.16. The van der Waals surface area contributed by atoms with Crippen LogP contribution in [0.4, 0.5) is 11.4 Å². The second-order valence-corrected chi connectivity index (χ2v) is 8.78. The van der Waals surface area contributed by atoms with E-state index in [4.69, 9.17) is 9.68 Å². The highest BCUT2D eigenvalue weighted by Crippen LogP contribution is 2.39. The molecule has 14 heteroatoms. The third-order valence-corrected chi connectivity index (χ3v) is 6.16. The predicted molar refractivity (Wildman–Crippen MR) is 121 cm³/mol. The van der Waals surface area contributed by atoms with E-state index in [-0.39, 0.29) is 49.9 Å². The van der Waals surface area contributed by atoms with Crippen molar-refractivity contribution in [3.63, 3.8) is 0 Å². The van der Waals surface area contributed by atoms with E-state index >= 15 is 0 Å². The second-order valence-electron chi connectivity index (χ2n) is 8.78. The number of nitro benzene ring substituents is 1. The van der Waals surface area contributed by atoms with Crippen LogP contribution in [0.1, 0.15) is 54.9 Å². The third kappa shape index (κ3) is 4.90. The summed E-state index contributed by atoms with van der Waals surface area (Å²) >= 11 is 0. The molecule has 1 atom stereocenters. The van der Waals surface area contributed by atoms with Crippen molar-refractivity contribution >= 4 is 46.9 Å². The number of anilines is 1. The van der Waals surface area contributed by atoms with Crippen LogP contribution in [0, 0.1) is 16.0 Å². The number of nitro groups is 1. The van der Waals surface area contributed by atoms with Gasteiger partial charge in [0.2, 0.25) is 5.91 Å². The smallest absolute Gasteiger partial charge is 0.334 e. The number of rotatable bonds is 7. The summed E-state index contributed by atoms with van der Waals surface area (Å²) in [4.78, 5) is 95.2. The Morgan fingerprint density at radius 2 is 1.78 bits per heavy atom. The van der Waals surface area contributed by atoms with Crippen molar-refractivity contribution < 1.29 is 43.4 Å². The average Bonchev–Trinajstić information content (AvgIpc) is 3.49. The molecule has 0 radical (unpaired) electrons. The fourth-order valence-corrected chi connectivity index (χ4v) is 4.25. The minimum absolute atomic E-state index is 0.0232. The van der Waals surface area contributed by atoms with Crippen LogP contribution in [0.2, 0.25) is 0 Å². The largest absolute Gasteiger partial charge is 0.364 e. The van der Waals surface area contributed by atoms with Gasteiger partial charge in [0.25, 0.3) is 23.4 Å². The fourth-order valence-electron chi connectivity index (χ4n) is 4.25. The first-order valence-corrected chi connectivity index (χ1v) is 11.4. The standard InChI is InChI=1S/C23H22N4O10/c1-12-9-19(30)26(22(12)32)37-23(33)15-10-14-7-8-24(21(14)16(11-15)27(34)35)17(28)5-6-20(31)36-25-13(2)3-4-18(25)29/h10-12H,2-9H2,1H3. The van der Waals surface area contributed by atoms with Crippen LogP contribution in [0.3, 0.4) is 0 Å². The van der Waals surface area contributed by atoms with Crippen LogP contribution >= 0.6 is 0 Å². The lowest BCUT2D eigenvalue weighted by Crippen LogP contribution is -2.33. The number of hydrogen-bond acceptors (Lipinski definition) is 10. The number of benzene rings is 1. The van der Waals surface area contributed by atoms with Crippen LogP contribution in [-0.2, 0) is 40.1 Å². The Morgan fingerprint density at radius 1 is 1.05 bits per heavy atom. The average molecular weight is 514 g/mol. The predicted octanol–water partition coefficient (Wildman–Crippen LogP) is 1.33. The molecule has 3 heterocycles. The summed E-state index contributed by atoms with van der Waals surface area (Å²) in [7, 11) is 0. The molecular formula is C23H22N4O10. The minimum Gasteiger partial charge on any atom is -0.334 e. The normalized spacial score (nSPS) is 18.9. The van der Waals surface area contributed by atoms with E-state index in [1.165, 1.54) is 13.0 Å². The van der Waals surface area contributed by atoms with Crippen LogP contribution < -0.4 is 4.90 Å². The molecule has 3 aliphatic heterocycles. The van der Waals surface area contributed by atoms with E-state index in [0.717, 1.165) is 16.0 Å². The van der Waals surface area contributed by atoms with Gasteiger partial charge >= 0.3 is 11.9 Å². The SMILES string of the molecule is C=C1CCC(=O)N1OC(=O)CCC(=O)N1CCc2cc(C(=O)ON3C(=O)CC(C)C3=O)cc([N+](=O)[O-])c21. The topological polar surface area (TPSA) is 174 Å². The maximum atomic E-state index is 12.8. The summed E-state index contributed by atoms with van der Waals surface area (Å²) < 4.78 is 0. The zero-order valence-electron chi connectivity index (χ0n) is 19.8. The van der Waals surface area contributed by atoms with Crippen molar-refractivity contribution in [1.82, 2.24) is 10.1 Å². The molecule has 3 aliphatic rings. The van der Waals surface area contributed by atoms with Gasteiger partial charge < -0.3 is 14.6 Å². The molecule has 1 unspecified atom stereocenters. The van der Waals surface area contributed by atoms with Crippen molar-refractivity contribution in [3.05, 3.63) is 45.6 Å². The Hall–Kier alpha value is -4.62. The molecule has 0 N–H and O–H groups in total. The van der Waals surface area contributed by atoms with E-state index in [1.54, 1.807) is 0 Å². The molecule has 194 valence electrons. The number of carbonyl (C=O) groups is 6. The summed E-state index contributed by atoms with van der Waals surface area (Å²) in [5, 5.41) is 12.9. The van der Waals surface area contributed by atoms with Crippen LogP contribution in [0.25, 0.3) is 0 Å². The lowest BCUT2D eigenvalue weighted by Gasteiger charge is -2.19. The van der Waals surface area contributed by atoms with Gasteiger partial charge in [0, 0.05) is 37.8 Å². The molecule has 14 nitrogen and oxygen atoms in total. The summed E-state index contributed by atoms with van der Waals surface area (Å²) in [6.07, 6.45) is -0.142. The van der Waals surface area contributed by atoms with Crippen molar-refractivity contribution in [2.75, 3.05) is 11.4 Å². The highest BCUT2D eigenvalue weighted by molar-refractivity contribution is 6.05. The van der Waals surface area contributed by atoms with E-state index < -0.39 is 52.1 Å². The molecule has 1 aromatic carbocycles. The number of fused-ring (bicyclic) bond motifs is 1. The molecular weight excluding hydrogens is 492 g/mol. The molecule has 37 heavy (non-hydrogen) atoms. The number of allylic oxidation sites excluding steroid dienone is 1. The van der Waals surface area contributed by atoms with Gasteiger partial charge in [-0.1, -0.05) is 13.5 Å². The second kappa shape index (κ2) is 9.79. The quantitative estimate of drug-likeness (QED) is 0.293. The van der Waals surface area contributed by atoms with Gasteiger partial charge in [-0.25, -0.2) is 9.59 Å². The van der Waals surface area contributed by atoms with Gasteiger partial charge in [0.05, 0.1) is 22.6 Å². The first kappa shape index (κ1) is 25.5. The first-order valence-electron chi connectivity index (χ1n) is 11.4. The molecule has 4 amide bonds. The summed E-state index contributed by atoms with van der Waals surface area (Å²) in [5.41, 5.74) is -0.201. The van der Waals surface area contributed by atoms with E-state index in [9.17, 15) is 38.9 Å². The maximum Gasteiger partial charge on any atom is 0.364 e. The Bertz CT molecular complexity index is 1260. The zero-order valence-corrected chi connectivity index (χ0v) is 19.8. The Balaban J connectivity index is 1.46. The molecule has 2 fully saturated rings. The zero-order chi connectivity index (χ0) is 27.0. The summed E-state index contributed by atoms with van der Waals surface area (Å²) in [6, 6.07) is 2.20. The molecule has 1 aromatic rings. The lowest BCUT2D eigenvalue weighted by molar-refractivity contribution is -0.384. The van der Waals surface area contributed by atoms with Crippen LogP contribution in [0.5, 0.6) is 0 Å². The van der Waals surface area contributed by atoms with Gasteiger partial charge in [0.15, 0.2) is 0 Å². The number of nitrogens with zero attached hydrogens (tertiary/aromatic N) is 4. The highest BCUT2D eigenvalue weighted by Gasteiger charge is 2.40. The van der Waals surface area contributed by atoms with Gasteiger partial charge in [-0.3, -0.25) is 29.3 Å². The summed E-state index contributed by atoms with van der Waals surface area (Å²) in [6.45, 7) is 5.19. The van der Waals surface area contributed by atoms with E-state index in [1.807, 2.05) is 0 Å². The number of carbonyl (C=O) groups excluding carboxylic acids is 6. The van der Waals surface area contributed by atoms with Gasteiger partial charge in [-0.15, -0.1) is 10.1 Å². The van der Waals surface area contributed by atoms with Crippen LogP contribution in [0.15, 0.2) is 24.4 Å². The molecule has 0 bridgehead atoms. The van der Waals surface area contributed by atoms with Crippen LogP contribution in [-0.4, -0.2) is 57.2 Å². The molecule has 0 spiro atoms. The number of imide groups is 1. The van der Waals surface area contributed by atoms with E-state index in [2.05, 4.69) is 6.58 Å². The van der Waals surface area contributed by atoms with Crippen molar-refractivity contribution in [2.24, 2.45) is 5.92 Å². The van der Waals surface area contributed by atoms with Crippen molar-refractivity contribution in [3.8, 4) is 0 Å². The number of hydrogen-bond donors (Lipinski definition) is 0. The molecule has 2 saturated heterocycles. The lowest BCUT2D eigenvalue weighted by atomic mass is 10.1. The Labute approximate surface area is 209 Å². The van der Waals surface area contributed by atoms with Gasteiger partial charge in [-0.2, -0.15) is 0 Å². The fraction of sp³-hybridized carbons (Fsp3) is 0.391. The minimum atomic E-state index is -1.13. The molecule has 0 saturated carbocycles. The van der Waals surface area contributed by atoms with Crippen molar-refractivity contribution in [1.29, 1.82) is 0 Å².